The summed E-state index contributed by atoms with van der Waals surface area (Å²) in [4.78, 5) is 29.0. The molecule has 1 N–H and O–H groups in total. The lowest BCUT2D eigenvalue weighted by atomic mass is 9.71. The van der Waals surface area contributed by atoms with Gasteiger partial charge in [-0.05, 0) is 37.0 Å². The van der Waals surface area contributed by atoms with Crippen LogP contribution in [0.5, 0.6) is 0 Å². The number of likely N-dealkylation sites (tertiary alicyclic amines) is 1. The summed E-state index contributed by atoms with van der Waals surface area (Å²) in [5, 5.41) is 2.98. The van der Waals surface area contributed by atoms with Gasteiger partial charge in [0, 0.05) is 51.5 Å². The second-order valence-corrected chi connectivity index (χ2v) is 7.62. The van der Waals surface area contributed by atoms with Crippen LogP contribution in [0.25, 0.3) is 0 Å². The molecule has 2 heterocycles. The molecule has 1 aromatic rings. The Bertz CT molecular complexity index is 651. The van der Waals surface area contributed by atoms with Crippen molar-refractivity contribution in [1.29, 1.82) is 0 Å². The predicted octanol–water partition coefficient (Wildman–Crippen LogP) is 2.60. The van der Waals surface area contributed by atoms with Crippen LogP contribution < -0.4 is 5.32 Å². The second kappa shape index (κ2) is 7.66. The van der Waals surface area contributed by atoms with Crippen LogP contribution in [0.4, 0.5) is 10.5 Å². The van der Waals surface area contributed by atoms with Gasteiger partial charge in [0.25, 0.3) is 0 Å². The molecule has 2 aliphatic rings. The number of hydrogen-bond donors (Lipinski definition) is 1. The summed E-state index contributed by atoms with van der Waals surface area (Å²) in [6, 6.07) is 7.78. The maximum Gasteiger partial charge on any atom is 0.321 e. The number of carbonyl (C=O) groups is 2. The predicted molar refractivity (Wildman–Crippen MR) is 101 cm³/mol. The summed E-state index contributed by atoms with van der Waals surface area (Å²) in [5.41, 5.74) is 1.86. The SMILES string of the molecule is CCc1ccc(NC(=O)N2CC(C(=O)N(C)C)C3(CCOCC3)C2)cc1. The smallest absolute Gasteiger partial charge is 0.321 e. The molecular formula is C20H29N3O3. The zero-order valence-corrected chi connectivity index (χ0v) is 16.0. The minimum absolute atomic E-state index is 0.106. The molecule has 0 radical (unpaired) electrons. The van der Waals surface area contributed by atoms with E-state index in [0.29, 0.717) is 26.3 Å². The normalized spacial score (nSPS) is 21.7. The average Bonchev–Trinajstić information content (AvgIpc) is 3.01. The molecule has 3 rings (SSSR count). The fourth-order valence-corrected chi connectivity index (χ4v) is 4.09. The zero-order chi connectivity index (χ0) is 18.7. The Morgan fingerprint density at radius 2 is 1.88 bits per heavy atom. The summed E-state index contributed by atoms with van der Waals surface area (Å²) in [7, 11) is 3.57. The van der Waals surface area contributed by atoms with Crippen molar-refractivity contribution in [3.05, 3.63) is 29.8 Å². The summed E-state index contributed by atoms with van der Waals surface area (Å²) in [6.45, 7) is 4.50. The van der Waals surface area contributed by atoms with E-state index in [1.807, 2.05) is 24.3 Å². The van der Waals surface area contributed by atoms with Gasteiger partial charge in [-0.15, -0.1) is 0 Å². The lowest BCUT2D eigenvalue weighted by Gasteiger charge is -2.37. The first kappa shape index (κ1) is 18.7. The Kier molecular flexibility index (Phi) is 5.51. The molecule has 2 saturated heterocycles. The van der Waals surface area contributed by atoms with E-state index >= 15 is 0 Å². The van der Waals surface area contributed by atoms with Gasteiger partial charge in [0.05, 0.1) is 5.92 Å². The summed E-state index contributed by atoms with van der Waals surface area (Å²) < 4.78 is 5.51. The van der Waals surface area contributed by atoms with Gasteiger partial charge < -0.3 is 19.9 Å². The van der Waals surface area contributed by atoms with Crippen molar-refractivity contribution in [2.45, 2.75) is 26.2 Å². The highest BCUT2D eigenvalue weighted by Gasteiger charge is 2.52. The van der Waals surface area contributed by atoms with Gasteiger partial charge in [0.2, 0.25) is 5.91 Å². The number of aryl methyl sites for hydroxylation is 1. The van der Waals surface area contributed by atoms with E-state index in [0.717, 1.165) is 24.9 Å². The lowest BCUT2D eigenvalue weighted by molar-refractivity contribution is -0.138. The van der Waals surface area contributed by atoms with Crippen LogP contribution in [-0.4, -0.2) is 62.1 Å². The van der Waals surface area contributed by atoms with Crippen molar-refractivity contribution in [1.82, 2.24) is 9.80 Å². The van der Waals surface area contributed by atoms with Crippen molar-refractivity contribution in [3.8, 4) is 0 Å². The van der Waals surface area contributed by atoms with Crippen LogP contribution in [0.3, 0.4) is 0 Å². The van der Waals surface area contributed by atoms with Crippen molar-refractivity contribution in [2.75, 3.05) is 45.7 Å². The fraction of sp³-hybridized carbons (Fsp3) is 0.600. The van der Waals surface area contributed by atoms with E-state index in [-0.39, 0.29) is 23.3 Å². The number of carbonyl (C=O) groups excluding carboxylic acids is 2. The Hall–Kier alpha value is -2.08. The maximum absolute atomic E-state index is 12.8. The quantitative estimate of drug-likeness (QED) is 0.902. The van der Waals surface area contributed by atoms with Gasteiger partial charge in [-0.25, -0.2) is 4.79 Å². The number of rotatable bonds is 3. The first-order chi connectivity index (χ1) is 12.4. The second-order valence-electron chi connectivity index (χ2n) is 7.62. The molecule has 0 aromatic heterocycles. The molecule has 142 valence electrons. The van der Waals surface area contributed by atoms with E-state index in [1.54, 1.807) is 23.9 Å². The van der Waals surface area contributed by atoms with Crippen LogP contribution in [0, 0.1) is 11.3 Å². The van der Waals surface area contributed by atoms with Crippen molar-refractivity contribution in [3.63, 3.8) is 0 Å². The third-order valence-corrected chi connectivity index (χ3v) is 5.78. The monoisotopic (exact) mass is 359 g/mol. The van der Waals surface area contributed by atoms with Crippen LogP contribution in [0.2, 0.25) is 0 Å². The van der Waals surface area contributed by atoms with E-state index in [1.165, 1.54) is 5.56 Å². The minimum Gasteiger partial charge on any atom is -0.381 e. The molecule has 0 bridgehead atoms. The molecule has 1 aromatic carbocycles. The third kappa shape index (κ3) is 3.70. The maximum atomic E-state index is 12.8. The first-order valence-corrected chi connectivity index (χ1v) is 9.39. The van der Waals surface area contributed by atoms with Crippen molar-refractivity contribution < 1.29 is 14.3 Å². The molecule has 2 fully saturated rings. The minimum atomic E-state index is -0.164. The molecular weight excluding hydrogens is 330 g/mol. The van der Waals surface area contributed by atoms with Crippen LogP contribution in [-0.2, 0) is 16.0 Å². The van der Waals surface area contributed by atoms with Crippen molar-refractivity contribution in [2.24, 2.45) is 11.3 Å². The van der Waals surface area contributed by atoms with Crippen LogP contribution >= 0.6 is 0 Å². The third-order valence-electron chi connectivity index (χ3n) is 5.78. The summed E-state index contributed by atoms with van der Waals surface area (Å²) in [5.74, 6) is -0.0517. The van der Waals surface area contributed by atoms with Gasteiger partial charge in [0.15, 0.2) is 0 Å². The molecule has 2 aliphatic heterocycles. The number of hydrogen-bond acceptors (Lipinski definition) is 3. The van der Waals surface area contributed by atoms with Gasteiger partial charge in [0.1, 0.15) is 0 Å². The standard InChI is InChI=1S/C20H29N3O3/c1-4-15-5-7-16(8-6-15)21-19(25)23-13-17(18(24)22(2)3)20(14-23)9-11-26-12-10-20/h5-8,17H,4,9-14H2,1-3H3,(H,21,25). The number of amides is 3. The van der Waals surface area contributed by atoms with Crippen LogP contribution in [0.1, 0.15) is 25.3 Å². The Labute approximate surface area is 155 Å². The molecule has 6 nitrogen and oxygen atoms in total. The Morgan fingerprint density at radius 1 is 1.23 bits per heavy atom. The van der Waals surface area contributed by atoms with Gasteiger partial charge >= 0.3 is 6.03 Å². The zero-order valence-electron chi connectivity index (χ0n) is 16.0. The van der Waals surface area contributed by atoms with E-state index in [2.05, 4.69) is 12.2 Å². The highest BCUT2D eigenvalue weighted by molar-refractivity contribution is 5.90. The van der Waals surface area contributed by atoms with Crippen LogP contribution in [0.15, 0.2) is 24.3 Å². The number of benzene rings is 1. The van der Waals surface area contributed by atoms with E-state index in [4.69, 9.17) is 4.74 Å². The summed E-state index contributed by atoms with van der Waals surface area (Å²) in [6.07, 6.45) is 2.62. The number of nitrogens with zero attached hydrogens (tertiary/aromatic N) is 2. The Morgan fingerprint density at radius 3 is 2.46 bits per heavy atom. The van der Waals surface area contributed by atoms with Crippen molar-refractivity contribution >= 4 is 17.6 Å². The van der Waals surface area contributed by atoms with E-state index < -0.39 is 0 Å². The van der Waals surface area contributed by atoms with Gasteiger partial charge in [-0.2, -0.15) is 0 Å². The number of urea groups is 1. The molecule has 1 spiro atoms. The molecule has 1 atom stereocenters. The number of nitrogens with one attached hydrogen (secondary N) is 1. The number of ether oxygens (including phenoxy) is 1. The molecule has 26 heavy (non-hydrogen) atoms. The van der Waals surface area contributed by atoms with Gasteiger partial charge in [-0.3, -0.25) is 4.79 Å². The van der Waals surface area contributed by atoms with Gasteiger partial charge in [-0.1, -0.05) is 19.1 Å². The lowest BCUT2D eigenvalue weighted by Crippen LogP contribution is -2.44. The Balaban J connectivity index is 1.73. The molecule has 0 saturated carbocycles. The first-order valence-electron chi connectivity index (χ1n) is 9.39. The summed E-state index contributed by atoms with van der Waals surface area (Å²) >= 11 is 0. The highest BCUT2D eigenvalue weighted by Crippen LogP contribution is 2.45. The topological polar surface area (TPSA) is 61.9 Å². The van der Waals surface area contributed by atoms with E-state index in [9.17, 15) is 9.59 Å². The fourth-order valence-electron chi connectivity index (χ4n) is 4.09. The molecule has 3 amide bonds. The highest BCUT2D eigenvalue weighted by atomic mass is 16.5. The largest absolute Gasteiger partial charge is 0.381 e. The number of anilines is 1. The molecule has 6 heteroatoms. The molecule has 1 unspecified atom stereocenters. The molecule has 0 aliphatic carbocycles. The average molecular weight is 359 g/mol.